The van der Waals surface area contributed by atoms with Gasteiger partial charge in [-0.1, -0.05) is 12.1 Å². The van der Waals surface area contributed by atoms with Crippen molar-refractivity contribution in [2.24, 2.45) is 4.99 Å². The topological polar surface area (TPSA) is 58.1 Å². The molecule has 1 aliphatic heterocycles. The average Bonchev–Trinajstić information content (AvgIpc) is 2.71. The second-order valence-corrected chi connectivity index (χ2v) is 7.65. The van der Waals surface area contributed by atoms with E-state index in [1.165, 1.54) is 5.56 Å². The number of benzene rings is 1. The van der Waals surface area contributed by atoms with E-state index >= 15 is 0 Å². The van der Waals surface area contributed by atoms with E-state index in [2.05, 4.69) is 46.0 Å². The molecule has 152 valence electrons. The third-order valence-corrected chi connectivity index (χ3v) is 5.32. The van der Waals surface area contributed by atoms with Crippen molar-refractivity contribution >= 4 is 17.7 Å². The Bertz CT molecular complexity index is 565. The normalized spacial score (nSPS) is 15.8. The lowest BCUT2D eigenvalue weighted by molar-refractivity contribution is 0.0392. The summed E-state index contributed by atoms with van der Waals surface area (Å²) in [6.45, 7) is 5.00. The molecule has 27 heavy (non-hydrogen) atoms. The van der Waals surface area contributed by atoms with Crippen molar-refractivity contribution in [1.29, 1.82) is 0 Å². The van der Waals surface area contributed by atoms with Crippen LogP contribution < -0.4 is 15.4 Å². The highest BCUT2D eigenvalue weighted by atomic mass is 32.2. The predicted octanol–water partition coefficient (Wildman–Crippen LogP) is 2.20. The molecule has 0 unspecified atom stereocenters. The smallest absolute Gasteiger partial charge is 0.191 e. The van der Waals surface area contributed by atoms with Gasteiger partial charge < -0.3 is 20.1 Å². The van der Waals surface area contributed by atoms with Crippen LogP contribution in [0.2, 0.25) is 0 Å². The van der Waals surface area contributed by atoms with Crippen LogP contribution in [0.5, 0.6) is 5.75 Å². The van der Waals surface area contributed by atoms with Gasteiger partial charge in [-0.25, -0.2) is 0 Å². The summed E-state index contributed by atoms with van der Waals surface area (Å²) < 4.78 is 11.4. The van der Waals surface area contributed by atoms with Crippen LogP contribution in [0.25, 0.3) is 0 Å². The number of rotatable bonds is 10. The molecule has 1 fully saturated rings. The van der Waals surface area contributed by atoms with Crippen molar-refractivity contribution in [2.45, 2.75) is 25.4 Å². The zero-order chi connectivity index (χ0) is 19.3. The molecule has 0 aliphatic carbocycles. The SMILES string of the molecule is CN=C(NCCSC)NCc1cccc(OCCN(C)C2CCOCC2)c1. The molecule has 0 bridgehead atoms. The molecule has 0 spiro atoms. The Hall–Kier alpha value is -1.44. The van der Waals surface area contributed by atoms with E-state index in [9.17, 15) is 0 Å². The molecule has 6 nitrogen and oxygen atoms in total. The lowest BCUT2D eigenvalue weighted by Gasteiger charge is -2.31. The lowest BCUT2D eigenvalue weighted by atomic mass is 10.1. The summed E-state index contributed by atoms with van der Waals surface area (Å²) in [5.74, 6) is 2.81. The molecule has 1 aromatic rings. The van der Waals surface area contributed by atoms with Crippen LogP contribution in [-0.2, 0) is 11.3 Å². The van der Waals surface area contributed by atoms with Gasteiger partial charge in [-0.3, -0.25) is 9.89 Å². The van der Waals surface area contributed by atoms with E-state index in [0.29, 0.717) is 12.6 Å². The highest BCUT2D eigenvalue weighted by molar-refractivity contribution is 7.98. The Morgan fingerprint density at radius 1 is 1.33 bits per heavy atom. The molecular formula is C20H34N4O2S. The summed E-state index contributed by atoms with van der Waals surface area (Å²) in [5, 5.41) is 6.65. The maximum Gasteiger partial charge on any atom is 0.191 e. The Kier molecular flexibility index (Phi) is 10.4. The van der Waals surface area contributed by atoms with E-state index in [-0.39, 0.29) is 0 Å². The molecule has 1 heterocycles. The van der Waals surface area contributed by atoms with E-state index in [4.69, 9.17) is 9.47 Å². The van der Waals surface area contributed by atoms with Gasteiger partial charge >= 0.3 is 0 Å². The summed E-state index contributed by atoms with van der Waals surface area (Å²) in [4.78, 5) is 6.64. The van der Waals surface area contributed by atoms with E-state index < -0.39 is 0 Å². The number of hydrogen-bond acceptors (Lipinski definition) is 5. The zero-order valence-electron chi connectivity index (χ0n) is 16.9. The van der Waals surface area contributed by atoms with Crippen molar-refractivity contribution in [3.63, 3.8) is 0 Å². The third kappa shape index (κ3) is 8.41. The molecule has 2 rings (SSSR count). The summed E-state index contributed by atoms with van der Waals surface area (Å²) in [7, 11) is 3.97. The first-order chi connectivity index (χ1) is 13.2. The predicted molar refractivity (Wildman–Crippen MR) is 115 cm³/mol. The number of guanidine groups is 1. The second kappa shape index (κ2) is 12.9. The monoisotopic (exact) mass is 394 g/mol. The fourth-order valence-electron chi connectivity index (χ4n) is 3.04. The van der Waals surface area contributed by atoms with E-state index in [0.717, 1.165) is 63.2 Å². The van der Waals surface area contributed by atoms with Gasteiger partial charge in [0.05, 0.1) is 0 Å². The number of nitrogens with one attached hydrogen (secondary N) is 2. The van der Waals surface area contributed by atoms with Crippen molar-refractivity contribution in [2.75, 3.05) is 59.0 Å². The quantitative estimate of drug-likeness (QED) is 0.360. The number of likely N-dealkylation sites (N-methyl/N-ethyl adjacent to an activating group) is 1. The van der Waals surface area contributed by atoms with Crippen molar-refractivity contribution in [1.82, 2.24) is 15.5 Å². The largest absolute Gasteiger partial charge is 0.492 e. The number of aliphatic imine (C=N–C) groups is 1. The summed E-state index contributed by atoms with van der Waals surface area (Å²) >= 11 is 1.82. The maximum atomic E-state index is 5.97. The van der Waals surface area contributed by atoms with Gasteiger partial charge in [0.25, 0.3) is 0 Å². The summed E-state index contributed by atoms with van der Waals surface area (Å²) in [6.07, 6.45) is 4.33. The second-order valence-electron chi connectivity index (χ2n) is 6.67. The van der Waals surface area contributed by atoms with Gasteiger partial charge in [-0.15, -0.1) is 0 Å². The zero-order valence-corrected chi connectivity index (χ0v) is 17.7. The average molecular weight is 395 g/mol. The number of hydrogen-bond donors (Lipinski definition) is 2. The number of nitrogens with zero attached hydrogens (tertiary/aromatic N) is 2. The summed E-state index contributed by atoms with van der Waals surface area (Å²) in [5.41, 5.74) is 1.18. The van der Waals surface area contributed by atoms with Gasteiger partial charge in [0.15, 0.2) is 5.96 Å². The van der Waals surface area contributed by atoms with E-state index in [1.54, 1.807) is 7.05 Å². The van der Waals surface area contributed by atoms with Crippen LogP contribution in [0.3, 0.4) is 0 Å². The minimum Gasteiger partial charge on any atom is -0.492 e. The minimum absolute atomic E-state index is 0.614. The first-order valence-corrected chi connectivity index (χ1v) is 11.1. The third-order valence-electron chi connectivity index (χ3n) is 4.71. The van der Waals surface area contributed by atoms with Crippen molar-refractivity contribution in [3.05, 3.63) is 29.8 Å². The van der Waals surface area contributed by atoms with Gasteiger partial charge in [-0.2, -0.15) is 11.8 Å². The molecule has 1 saturated heterocycles. The molecule has 7 heteroatoms. The van der Waals surface area contributed by atoms with Crippen LogP contribution in [0.1, 0.15) is 18.4 Å². The Morgan fingerprint density at radius 3 is 2.89 bits per heavy atom. The van der Waals surface area contributed by atoms with Gasteiger partial charge in [0.2, 0.25) is 0 Å². The standard InChI is InChI=1S/C20H34N4O2S/c1-21-20(22-9-14-27-3)23-16-17-5-4-6-19(15-17)26-13-10-24(2)18-7-11-25-12-8-18/h4-6,15,18H,7-14,16H2,1-3H3,(H2,21,22,23). The molecule has 0 amide bonds. The molecule has 2 N–H and O–H groups in total. The molecular weight excluding hydrogens is 360 g/mol. The molecule has 0 aromatic heterocycles. The first-order valence-electron chi connectivity index (χ1n) is 9.66. The van der Waals surface area contributed by atoms with Crippen LogP contribution in [0.4, 0.5) is 0 Å². The summed E-state index contributed by atoms with van der Waals surface area (Å²) in [6, 6.07) is 8.87. The number of ether oxygens (including phenoxy) is 2. The maximum absolute atomic E-state index is 5.97. The van der Waals surface area contributed by atoms with Crippen LogP contribution in [0.15, 0.2) is 29.3 Å². The molecule has 1 aliphatic rings. The Morgan fingerprint density at radius 2 is 2.15 bits per heavy atom. The Balaban J connectivity index is 1.72. The first kappa shape index (κ1) is 21.9. The van der Waals surface area contributed by atoms with Crippen molar-refractivity contribution < 1.29 is 9.47 Å². The number of thioether (sulfide) groups is 1. The molecule has 0 atom stereocenters. The highest BCUT2D eigenvalue weighted by Gasteiger charge is 2.17. The molecule has 0 radical (unpaired) electrons. The van der Waals surface area contributed by atoms with Crippen molar-refractivity contribution in [3.8, 4) is 5.75 Å². The van der Waals surface area contributed by atoms with Crippen LogP contribution in [-0.4, -0.2) is 75.9 Å². The molecule has 0 saturated carbocycles. The van der Waals surface area contributed by atoms with Crippen LogP contribution >= 0.6 is 11.8 Å². The van der Waals surface area contributed by atoms with Crippen LogP contribution in [0, 0.1) is 0 Å². The highest BCUT2D eigenvalue weighted by Crippen LogP contribution is 2.15. The van der Waals surface area contributed by atoms with Gasteiger partial charge in [0.1, 0.15) is 12.4 Å². The van der Waals surface area contributed by atoms with Gasteiger partial charge in [0, 0.05) is 51.7 Å². The minimum atomic E-state index is 0.614. The Labute approximate surface area is 168 Å². The van der Waals surface area contributed by atoms with E-state index in [1.807, 2.05) is 23.9 Å². The lowest BCUT2D eigenvalue weighted by Crippen LogP contribution is -2.38. The van der Waals surface area contributed by atoms with Gasteiger partial charge in [-0.05, 0) is 43.8 Å². The fraction of sp³-hybridized carbons (Fsp3) is 0.650. The molecule has 1 aromatic carbocycles. The fourth-order valence-corrected chi connectivity index (χ4v) is 3.35.